The Balaban J connectivity index is 5.62. The van der Waals surface area contributed by atoms with E-state index in [0.717, 1.165) is 35.5 Å². The van der Waals surface area contributed by atoms with Gasteiger partial charge >= 0.3 is 0 Å². The second-order valence-electron chi connectivity index (χ2n) is 16.0. The lowest BCUT2D eigenvalue weighted by atomic mass is 9.58. The summed E-state index contributed by atoms with van der Waals surface area (Å²) < 4.78 is 0. The van der Waals surface area contributed by atoms with Gasteiger partial charge in [-0.1, -0.05) is 157 Å². The zero-order chi connectivity index (χ0) is 30.5. The Morgan fingerprint density at radius 1 is 0.474 bits per heavy atom. The summed E-state index contributed by atoms with van der Waals surface area (Å²) >= 11 is 0. The van der Waals surface area contributed by atoms with E-state index in [1.807, 2.05) is 0 Å². The van der Waals surface area contributed by atoms with Gasteiger partial charge in [-0.3, -0.25) is 0 Å². The maximum atomic E-state index is 4.79. The third kappa shape index (κ3) is 8.38. The summed E-state index contributed by atoms with van der Waals surface area (Å²) in [5, 5.41) is 0. The second kappa shape index (κ2) is 15.1. The Labute approximate surface area is 244 Å². The van der Waals surface area contributed by atoms with E-state index in [-0.39, 0.29) is 5.41 Å². The number of allylic oxidation sites excluding steroid dienone is 1. The van der Waals surface area contributed by atoms with Crippen LogP contribution in [0.4, 0.5) is 0 Å². The van der Waals surface area contributed by atoms with Gasteiger partial charge in [0.25, 0.3) is 0 Å². The highest BCUT2D eigenvalue weighted by atomic mass is 14.5. The third-order valence-corrected chi connectivity index (χ3v) is 14.5. The highest BCUT2D eigenvalue weighted by Gasteiger charge is 2.41. The fraction of sp³-hybridized carbons (Fsp3) is 0.947. The molecule has 0 spiro atoms. The average Bonchev–Trinajstić information content (AvgIpc) is 2.90. The summed E-state index contributed by atoms with van der Waals surface area (Å²) in [6.07, 6.45) is 2.56. The van der Waals surface area contributed by atoms with Crippen molar-refractivity contribution in [2.24, 2.45) is 87.8 Å². The molecule has 0 aliphatic carbocycles. The van der Waals surface area contributed by atoms with Crippen molar-refractivity contribution in [1.29, 1.82) is 0 Å². The molecule has 228 valence electrons. The molecular formula is C38H76. The van der Waals surface area contributed by atoms with Gasteiger partial charge in [0, 0.05) is 0 Å². The van der Waals surface area contributed by atoms with Crippen molar-refractivity contribution >= 4 is 0 Å². The van der Waals surface area contributed by atoms with E-state index in [2.05, 4.69) is 132 Å². The molecule has 0 radical (unpaired) electrons. The molecule has 0 aromatic rings. The molecule has 0 aromatic carbocycles. The van der Waals surface area contributed by atoms with Crippen LogP contribution in [0.25, 0.3) is 0 Å². The Morgan fingerprint density at radius 2 is 0.789 bits per heavy atom. The highest BCUT2D eigenvalue weighted by molar-refractivity contribution is 5.14. The second-order valence-corrected chi connectivity index (χ2v) is 16.0. The minimum atomic E-state index is 0.128. The van der Waals surface area contributed by atoms with Crippen molar-refractivity contribution in [1.82, 2.24) is 0 Å². The molecule has 0 N–H and O–H groups in total. The lowest BCUT2D eigenvalue weighted by molar-refractivity contribution is 0.0434. The lowest BCUT2D eigenvalue weighted by Gasteiger charge is -2.47. The number of rotatable bonds is 17. The van der Waals surface area contributed by atoms with E-state index in [1.54, 1.807) is 0 Å². The van der Waals surface area contributed by atoms with Crippen molar-refractivity contribution < 1.29 is 0 Å². The van der Waals surface area contributed by atoms with Crippen LogP contribution in [-0.4, -0.2) is 0 Å². The summed E-state index contributed by atoms with van der Waals surface area (Å²) in [6, 6.07) is 0. The number of hydrogen-bond acceptors (Lipinski definition) is 0. The van der Waals surface area contributed by atoms with E-state index >= 15 is 0 Å². The fourth-order valence-corrected chi connectivity index (χ4v) is 7.75. The number of hydrogen-bond donors (Lipinski definition) is 0. The molecule has 0 amide bonds. The van der Waals surface area contributed by atoms with Gasteiger partial charge in [-0.25, -0.2) is 0 Å². The van der Waals surface area contributed by atoms with Gasteiger partial charge in [-0.15, -0.1) is 0 Å². The van der Waals surface area contributed by atoms with Gasteiger partial charge in [-0.05, 0) is 87.8 Å². The summed E-state index contributed by atoms with van der Waals surface area (Å²) in [4.78, 5) is 0. The van der Waals surface area contributed by atoms with Crippen LogP contribution in [0.2, 0.25) is 0 Å². The van der Waals surface area contributed by atoms with Crippen LogP contribution >= 0.6 is 0 Å². The van der Waals surface area contributed by atoms with Crippen molar-refractivity contribution in [2.45, 2.75) is 144 Å². The van der Waals surface area contributed by atoms with Crippen LogP contribution in [0, 0.1) is 87.8 Å². The van der Waals surface area contributed by atoms with Gasteiger partial charge in [0.2, 0.25) is 0 Å². The fourth-order valence-electron chi connectivity index (χ4n) is 7.75. The Kier molecular flexibility index (Phi) is 15.0. The molecule has 12 unspecified atom stereocenters. The molecule has 0 rings (SSSR count). The smallest absolute Gasteiger partial charge is 0.0116 e. The Hall–Kier alpha value is -0.260. The van der Waals surface area contributed by atoms with Crippen molar-refractivity contribution in [3.63, 3.8) is 0 Å². The van der Waals surface area contributed by atoms with Crippen LogP contribution in [0.15, 0.2) is 12.2 Å². The van der Waals surface area contributed by atoms with Crippen molar-refractivity contribution in [3.8, 4) is 0 Å². The maximum absolute atomic E-state index is 4.79. The van der Waals surface area contributed by atoms with Gasteiger partial charge in [-0.2, -0.15) is 0 Å². The zero-order valence-electron chi connectivity index (χ0n) is 30.1. The topological polar surface area (TPSA) is 0 Å². The molecule has 38 heavy (non-hydrogen) atoms. The van der Waals surface area contributed by atoms with E-state index in [1.165, 1.54) is 18.4 Å². The third-order valence-electron chi connectivity index (χ3n) is 14.5. The molecule has 0 saturated heterocycles. The minimum Gasteiger partial charge on any atom is -0.0990 e. The van der Waals surface area contributed by atoms with E-state index in [9.17, 15) is 0 Å². The van der Waals surface area contributed by atoms with E-state index in [4.69, 9.17) is 6.58 Å². The average molecular weight is 533 g/mol. The highest BCUT2D eigenvalue weighted by Crippen LogP contribution is 2.49. The molecule has 0 heterocycles. The van der Waals surface area contributed by atoms with E-state index in [0.29, 0.717) is 46.8 Å². The summed E-state index contributed by atoms with van der Waals surface area (Å²) in [5.41, 5.74) is 2.05. The Bertz CT molecular complexity index is 678. The van der Waals surface area contributed by atoms with Gasteiger partial charge < -0.3 is 0 Å². The van der Waals surface area contributed by atoms with Crippen LogP contribution in [0.5, 0.6) is 0 Å². The first-order valence-corrected chi connectivity index (χ1v) is 16.8. The van der Waals surface area contributed by atoms with Crippen molar-refractivity contribution in [3.05, 3.63) is 12.2 Å². The monoisotopic (exact) mass is 533 g/mol. The summed E-state index contributed by atoms with van der Waals surface area (Å²) in [6.45, 7) is 51.9. The molecule has 0 nitrogen and oxygen atoms in total. The predicted octanol–water partition coefficient (Wildman–Crippen LogP) is 12.7. The predicted molar refractivity (Wildman–Crippen MR) is 176 cm³/mol. The van der Waals surface area contributed by atoms with E-state index < -0.39 is 0 Å². The lowest BCUT2D eigenvalue weighted by Crippen LogP contribution is -2.39. The zero-order valence-corrected chi connectivity index (χ0v) is 30.1. The molecule has 0 bridgehead atoms. The van der Waals surface area contributed by atoms with Gasteiger partial charge in [0.15, 0.2) is 0 Å². The molecule has 0 aliphatic rings. The molecule has 12 atom stereocenters. The molecular weight excluding hydrogens is 456 g/mol. The van der Waals surface area contributed by atoms with Crippen molar-refractivity contribution in [2.75, 3.05) is 0 Å². The minimum absolute atomic E-state index is 0.128. The van der Waals surface area contributed by atoms with Crippen LogP contribution < -0.4 is 0 Å². The molecule has 0 saturated carbocycles. The summed E-state index contributed by atoms with van der Waals surface area (Å²) in [5.74, 6) is 8.96. The standard InChI is InChI=1S/C38H76/c1-21-38(20,22-2)36(17)33(14)30(11)27(8)26(7)29(10)32(13)35(16)37(18,19)34(15)31(12)28(9)25(6)24(5)23(3)4/h23-33,35-36H,15,21-22H2,1-14,16-20H3. The largest absolute Gasteiger partial charge is 0.0990 e. The SMILES string of the molecule is C=C(C(C)C(C)C(C)C(C)C(C)C)C(C)(C)C(C)C(C)C(C)C(C)C(C)C(C)C(C)C(C)C(C)(CC)CC. The van der Waals surface area contributed by atoms with Crippen LogP contribution in [-0.2, 0) is 0 Å². The van der Waals surface area contributed by atoms with Crippen LogP contribution in [0.1, 0.15) is 144 Å². The molecule has 0 heteroatoms. The molecule has 0 fully saturated rings. The molecule has 0 aliphatic heterocycles. The van der Waals surface area contributed by atoms with Crippen LogP contribution in [0.3, 0.4) is 0 Å². The summed E-state index contributed by atoms with van der Waals surface area (Å²) in [7, 11) is 0. The quantitative estimate of drug-likeness (QED) is 0.163. The maximum Gasteiger partial charge on any atom is -0.0116 e. The first-order valence-electron chi connectivity index (χ1n) is 16.8. The van der Waals surface area contributed by atoms with Gasteiger partial charge in [0.05, 0.1) is 0 Å². The first kappa shape index (κ1) is 37.7. The molecule has 0 aromatic heterocycles. The Morgan fingerprint density at radius 3 is 1.13 bits per heavy atom. The van der Waals surface area contributed by atoms with Gasteiger partial charge in [0.1, 0.15) is 0 Å². The first-order chi connectivity index (χ1) is 17.1. The normalized spacial score (nSPS) is 22.9.